The molecule has 5 rings (SSSR count). The average molecular weight is 564 g/mol. The zero-order valence-electron chi connectivity index (χ0n) is 25.9. The van der Waals surface area contributed by atoms with E-state index < -0.39 is 11.7 Å². The van der Waals surface area contributed by atoms with E-state index in [1.54, 1.807) is 6.07 Å². The average Bonchev–Trinajstić information content (AvgIpc) is 3.36. The van der Waals surface area contributed by atoms with Crippen molar-refractivity contribution in [2.75, 3.05) is 6.61 Å². The number of carbonyl (C=O) groups excluding carboxylic acids is 1. The Morgan fingerprint density at radius 2 is 1.93 bits per heavy atom. The second-order valence-electron chi connectivity index (χ2n) is 13.6. The number of ether oxygens (including phenoxy) is 3. The Morgan fingerprint density at radius 3 is 2.63 bits per heavy atom. The number of H-pyrrole nitrogens is 1. The molecule has 0 unspecified atom stereocenters. The van der Waals surface area contributed by atoms with Crippen LogP contribution in [0.15, 0.2) is 24.4 Å². The molecule has 2 heterocycles. The van der Waals surface area contributed by atoms with E-state index in [-0.39, 0.29) is 17.9 Å². The van der Waals surface area contributed by atoms with Crippen molar-refractivity contribution in [1.29, 1.82) is 0 Å². The van der Waals surface area contributed by atoms with Gasteiger partial charge in [0.05, 0.1) is 12.2 Å². The molecule has 6 heteroatoms. The van der Waals surface area contributed by atoms with Gasteiger partial charge in [0.15, 0.2) is 17.7 Å². The monoisotopic (exact) mass is 563 g/mol. The van der Waals surface area contributed by atoms with Crippen LogP contribution in [0.1, 0.15) is 95.6 Å². The van der Waals surface area contributed by atoms with Crippen LogP contribution in [0.4, 0.5) is 4.39 Å². The first-order valence-electron chi connectivity index (χ1n) is 15.3. The fourth-order valence-electron chi connectivity index (χ4n) is 6.94. The minimum Gasteiger partial charge on any atom is -0.490 e. The van der Waals surface area contributed by atoms with Crippen molar-refractivity contribution in [1.82, 2.24) is 4.98 Å². The SMILES string of the molecule is Cc1cc2[nH]ccc2c(-c2cc(F)c3c(c2C)CCCO3)c1[C@H](OC(C)(C)C)C(=O)O[C@@H]1C[C@H](C)CC[C@H]1C(C)C. The van der Waals surface area contributed by atoms with Gasteiger partial charge < -0.3 is 19.2 Å². The van der Waals surface area contributed by atoms with Crippen LogP contribution < -0.4 is 4.74 Å². The number of carbonyl (C=O) groups is 1. The summed E-state index contributed by atoms with van der Waals surface area (Å²) in [7, 11) is 0. The zero-order valence-corrected chi connectivity index (χ0v) is 25.9. The molecule has 1 aliphatic carbocycles. The Morgan fingerprint density at radius 1 is 1.17 bits per heavy atom. The Hall–Kier alpha value is -2.86. The molecule has 2 aromatic carbocycles. The van der Waals surface area contributed by atoms with Gasteiger partial charge in [-0.1, -0.05) is 27.2 Å². The highest BCUT2D eigenvalue weighted by molar-refractivity contribution is 6.00. The highest BCUT2D eigenvalue weighted by Crippen LogP contribution is 2.45. The summed E-state index contributed by atoms with van der Waals surface area (Å²) >= 11 is 0. The third-order valence-electron chi connectivity index (χ3n) is 8.99. The summed E-state index contributed by atoms with van der Waals surface area (Å²) < 4.78 is 34.4. The largest absolute Gasteiger partial charge is 0.490 e. The maximum atomic E-state index is 15.6. The first kappa shape index (κ1) is 29.6. The number of rotatable bonds is 6. The summed E-state index contributed by atoms with van der Waals surface area (Å²) in [5.74, 6) is 0.840. The normalized spacial score (nSPS) is 22.0. The number of halogens is 1. The van der Waals surface area contributed by atoms with Gasteiger partial charge in [-0.25, -0.2) is 9.18 Å². The first-order chi connectivity index (χ1) is 19.4. The molecule has 41 heavy (non-hydrogen) atoms. The highest BCUT2D eigenvalue weighted by Gasteiger charge is 2.39. The van der Waals surface area contributed by atoms with Crippen molar-refractivity contribution in [2.45, 2.75) is 105 Å². The van der Waals surface area contributed by atoms with Crippen LogP contribution in [0.2, 0.25) is 0 Å². The number of fused-ring (bicyclic) bond motifs is 2. The molecule has 0 bridgehead atoms. The molecule has 1 saturated carbocycles. The lowest BCUT2D eigenvalue weighted by molar-refractivity contribution is -0.178. The molecule has 222 valence electrons. The van der Waals surface area contributed by atoms with E-state index in [4.69, 9.17) is 14.2 Å². The van der Waals surface area contributed by atoms with Crippen molar-refractivity contribution in [2.24, 2.45) is 17.8 Å². The quantitative estimate of drug-likeness (QED) is 0.305. The molecule has 0 saturated heterocycles. The van der Waals surface area contributed by atoms with E-state index in [1.165, 1.54) is 0 Å². The Bertz CT molecular complexity index is 1430. The molecule has 1 fully saturated rings. The van der Waals surface area contributed by atoms with Crippen molar-refractivity contribution < 1.29 is 23.4 Å². The number of aryl methyl sites for hydroxylation is 1. The van der Waals surface area contributed by atoms with Gasteiger partial charge in [-0.15, -0.1) is 0 Å². The summed E-state index contributed by atoms with van der Waals surface area (Å²) in [6, 6.07) is 5.62. The lowest BCUT2D eigenvalue weighted by Crippen LogP contribution is -2.38. The van der Waals surface area contributed by atoms with Crippen molar-refractivity contribution in [3.8, 4) is 16.9 Å². The summed E-state index contributed by atoms with van der Waals surface area (Å²) in [4.78, 5) is 17.6. The molecule has 5 nitrogen and oxygen atoms in total. The standard InChI is InChI=1S/C35H46FNO4/c1-19(2)23-12-11-20(3)16-29(23)40-34(38)33(41-35(6,7)8)30-21(4)17-28-25(13-14-37-28)31(30)26-18-27(36)32-24(22(26)5)10-9-15-39-32/h13-14,17-20,23,29,33,37H,9-12,15-16H2,1-8H3/t20-,23+,29-,33+/m1/s1. The minimum absolute atomic E-state index is 0.155. The van der Waals surface area contributed by atoms with Gasteiger partial charge in [0.1, 0.15) is 6.10 Å². The van der Waals surface area contributed by atoms with E-state index in [2.05, 4.69) is 25.8 Å². The molecule has 0 amide bonds. The predicted octanol–water partition coefficient (Wildman–Crippen LogP) is 8.78. The van der Waals surface area contributed by atoms with E-state index in [1.807, 2.05) is 52.9 Å². The van der Waals surface area contributed by atoms with Crippen LogP contribution in [-0.2, 0) is 20.7 Å². The molecule has 4 atom stereocenters. The third kappa shape index (κ3) is 5.90. The minimum atomic E-state index is -0.968. The second-order valence-corrected chi connectivity index (χ2v) is 13.6. The Labute approximate surface area is 244 Å². The van der Waals surface area contributed by atoms with E-state index in [9.17, 15) is 4.79 Å². The third-order valence-corrected chi connectivity index (χ3v) is 8.99. The van der Waals surface area contributed by atoms with Crippen LogP contribution in [0.3, 0.4) is 0 Å². The maximum Gasteiger partial charge on any atom is 0.340 e. The van der Waals surface area contributed by atoms with Crippen LogP contribution in [0.5, 0.6) is 5.75 Å². The number of hydrogen-bond donors (Lipinski definition) is 1. The van der Waals surface area contributed by atoms with Gasteiger partial charge in [0, 0.05) is 28.2 Å². The summed E-state index contributed by atoms with van der Waals surface area (Å²) in [5.41, 5.74) is 5.38. The van der Waals surface area contributed by atoms with Gasteiger partial charge in [0.2, 0.25) is 0 Å². The smallest absolute Gasteiger partial charge is 0.340 e. The van der Waals surface area contributed by atoms with Crippen LogP contribution in [0, 0.1) is 37.4 Å². The molecule has 0 radical (unpaired) electrons. The van der Waals surface area contributed by atoms with E-state index in [0.717, 1.165) is 76.4 Å². The lowest BCUT2D eigenvalue weighted by Gasteiger charge is -2.38. The summed E-state index contributed by atoms with van der Waals surface area (Å²) in [6.07, 6.45) is 5.42. The molecular formula is C35H46FNO4. The molecule has 1 aromatic heterocycles. The van der Waals surface area contributed by atoms with Gasteiger partial charge >= 0.3 is 5.97 Å². The van der Waals surface area contributed by atoms with Crippen LogP contribution in [-0.4, -0.2) is 29.3 Å². The summed E-state index contributed by atoms with van der Waals surface area (Å²) in [6.45, 7) is 17.1. The number of benzene rings is 2. The molecule has 1 N–H and O–H groups in total. The van der Waals surface area contributed by atoms with Gasteiger partial charge in [-0.2, -0.15) is 0 Å². The number of hydrogen-bond acceptors (Lipinski definition) is 4. The van der Waals surface area contributed by atoms with Gasteiger partial charge in [-0.3, -0.25) is 0 Å². The van der Waals surface area contributed by atoms with Crippen LogP contribution >= 0.6 is 0 Å². The van der Waals surface area contributed by atoms with Crippen LogP contribution in [0.25, 0.3) is 22.0 Å². The molecule has 0 spiro atoms. The number of esters is 1. The van der Waals surface area contributed by atoms with Crippen molar-refractivity contribution in [3.63, 3.8) is 0 Å². The van der Waals surface area contributed by atoms with E-state index in [0.29, 0.717) is 30.1 Å². The molecule has 2 aliphatic rings. The van der Waals surface area contributed by atoms with Crippen molar-refractivity contribution in [3.05, 3.63) is 52.5 Å². The second kappa shape index (κ2) is 11.4. The van der Waals surface area contributed by atoms with Crippen molar-refractivity contribution >= 4 is 16.9 Å². The topological polar surface area (TPSA) is 60.5 Å². The number of aromatic amines is 1. The predicted molar refractivity (Wildman–Crippen MR) is 162 cm³/mol. The fourth-order valence-corrected chi connectivity index (χ4v) is 6.94. The molecular weight excluding hydrogens is 517 g/mol. The zero-order chi connectivity index (χ0) is 29.6. The Kier molecular flexibility index (Phi) is 8.26. The molecule has 3 aromatic rings. The Balaban J connectivity index is 1.69. The fraction of sp³-hybridized carbons (Fsp3) is 0.571. The lowest BCUT2D eigenvalue weighted by atomic mass is 9.75. The van der Waals surface area contributed by atoms with Gasteiger partial charge in [-0.05, 0) is 119 Å². The number of nitrogens with one attached hydrogen (secondary N) is 1. The summed E-state index contributed by atoms with van der Waals surface area (Å²) in [5, 5.41) is 0.923. The van der Waals surface area contributed by atoms with Gasteiger partial charge in [0.25, 0.3) is 0 Å². The highest BCUT2D eigenvalue weighted by atomic mass is 19.1. The van der Waals surface area contributed by atoms with E-state index >= 15 is 4.39 Å². The maximum absolute atomic E-state index is 15.6. The first-order valence-corrected chi connectivity index (χ1v) is 15.3. The molecule has 1 aliphatic heterocycles. The number of aromatic nitrogens is 1.